The average Bonchev–Trinajstić information content (AvgIpc) is 3.12. The maximum absolute atomic E-state index is 13.8. The van der Waals surface area contributed by atoms with Crippen LogP contribution in [0.1, 0.15) is 63.8 Å². The van der Waals surface area contributed by atoms with Crippen molar-refractivity contribution in [2.75, 3.05) is 13.5 Å². The van der Waals surface area contributed by atoms with Crippen LogP contribution in [0.4, 0.5) is 8.78 Å². The summed E-state index contributed by atoms with van der Waals surface area (Å²) in [7, 11) is 0. The molecule has 0 saturated carbocycles. The molecule has 4 nitrogen and oxygen atoms in total. The van der Waals surface area contributed by atoms with Crippen molar-refractivity contribution in [3.8, 4) is 17.0 Å². The van der Waals surface area contributed by atoms with Crippen molar-refractivity contribution < 1.29 is 18.3 Å². The molecule has 0 aliphatic heterocycles. The molecule has 0 unspecified atom stereocenters. The fourth-order valence-corrected chi connectivity index (χ4v) is 3.15. The highest BCUT2D eigenvalue weighted by Gasteiger charge is 2.18. The van der Waals surface area contributed by atoms with Gasteiger partial charge in [0.15, 0.2) is 18.4 Å². The zero-order valence-electron chi connectivity index (χ0n) is 17.1. The smallest absolute Gasteiger partial charge is 0.201 e. The van der Waals surface area contributed by atoms with Crippen LogP contribution in [0.15, 0.2) is 17.5 Å². The predicted octanol–water partition coefficient (Wildman–Crippen LogP) is 6.42. The Morgan fingerprint density at radius 2 is 1.68 bits per heavy atom. The molecule has 2 rings (SSSR count). The Hall–Kier alpha value is -1.57. The minimum absolute atomic E-state index is 0.0674. The van der Waals surface area contributed by atoms with Crippen LogP contribution in [0.2, 0.25) is 0 Å². The quantitative estimate of drug-likeness (QED) is 0.340. The Morgan fingerprint density at radius 3 is 2.21 bits per heavy atom. The Balaban J connectivity index is 0.000000370. The monoisotopic (exact) mass is 414 g/mol. The van der Waals surface area contributed by atoms with Gasteiger partial charge < -0.3 is 15.2 Å². The van der Waals surface area contributed by atoms with E-state index in [1.165, 1.54) is 62.3 Å². The maximum Gasteiger partial charge on any atom is 0.201 e. The third kappa shape index (κ3) is 8.63. The van der Waals surface area contributed by atoms with Crippen LogP contribution < -0.4 is 10.5 Å². The molecule has 1 aromatic heterocycles. The van der Waals surface area contributed by atoms with Crippen molar-refractivity contribution in [3.63, 3.8) is 0 Å². The van der Waals surface area contributed by atoms with E-state index in [0.717, 1.165) is 11.1 Å². The number of benzene rings is 1. The van der Waals surface area contributed by atoms with Gasteiger partial charge in [-0.3, -0.25) is 0 Å². The first-order valence-corrected chi connectivity index (χ1v) is 10.7. The Kier molecular flexibility index (Phi) is 12.6. The minimum Gasteiger partial charge on any atom is -0.464 e. The molecule has 28 heavy (non-hydrogen) atoms. The molecule has 0 atom stereocenters. The molecule has 2 N–H and O–H groups in total. The number of aromatic nitrogens is 1. The molecule has 0 aliphatic rings. The van der Waals surface area contributed by atoms with Gasteiger partial charge in [-0.15, -0.1) is 11.3 Å². The summed E-state index contributed by atoms with van der Waals surface area (Å²) >= 11 is 1.41. The summed E-state index contributed by atoms with van der Waals surface area (Å²) in [6.45, 7) is 6.03. The lowest BCUT2D eigenvalue weighted by atomic mass is 10.1. The molecule has 1 aromatic carbocycles. The first-order chi connectivity index (χ1) is 13.5. The van der Waals surface area contributed by atoms with Crippen molar-refractivity contribution in [2.24, 2.45) is 5.73 Å². The summed E-state index contributed by atoms with van der Waals surface area (Å²) in [6, 6.07) is 2.46. The molecule has 0 spiro atoms. The number of aryl methyl sites for hydroxylation is 1. The fourth-order valence-electron chi connectivity index (χ4n) is 2.54. The Labute approximate surface area is 171 Å². The van der Waals surface area contributed by atoms with E-state index in [1.807, 2.05) is 6.92 Å². The van der Waals surface area contributed by atoms with Crippen LogP contribution in [0.25, 0.3) is 11.3 Å². The molecule has 7 heteroatoms. The van der Waals surface area contributed by atoms with Gasteiger partial charge in [-0.1, -0.05) is 58.8 Å². The number of rotatable bonds is 11. The third-order valence-electron chi connectivity index (χ3n) is 4.06. The van der Waals surface area contributed by atoms with E-state index in [-0.39, 0.29) is 19.3 Å². The van der Waals surface area contributed by atoms with Crippen LogP contribution >= 0.6 is 11.3 Å². The predicted molar refractivity (Wildman–Crippen MR) is 112 cm³/mol. The summed E-state index contributed by atoms with van der Waals surface area (Å²) in [6.07, 6.45) is 9.97. The van der Waals surface area contributed by atoms with Gasteiger partial charge in [0, 0.05) is 10.9 Å². The van der Waals surface area contributed by atoms with E-state index in [4.69, 9.17) is 15.2 Å². The summed E-state index contributed by atoms with van der Waals surface area (Å²) < 4.78 is 36.9. The van der Waals surface area contributed by atoms with Gasteiger partial charge >= 0.3 is 0 Å². The zero-order valence-corrected chi connectivity index (χ0v) is 17.9. The molecule has 0 bridgehead atoms. The maximum atomic E-state index is 13.8. The summed E-state index contributed by atoms with van der Waals surface area (Å²) in [5.74, 6) is -2.28. The third-order valence-corrected chi connectivity index (χ3v) is 4.83. The highest BCUT2D eigenvalue weighted by atomic mass is 32.1. The Bertz CT molecular complexity index is 674. The molecule has 0 amide bonds. The molecule has 0 saturated heterocycles. The second kappa shape index (κ2) is 14.4. The first-order valence-electron chi connectivity index (χ1n) is 9.86. The molecule has 0 aliphatic carbocycles. The SMILES string of the molecule is CCCCCCCCC.Cc1nc(-c2ccc(F)c(F)c2OCOCN)cs1. The van der Waals surface area contributed by atoms with Crippen molar-refractivity contribution >= 4 is 11.3 Å². The highest BCUT2D eigenvalue weighted by molar-refractivity contribution is 7.09. The molecule has 0 radical (unpaired) electrons. The van der Waals surface area contributed by atoms with Crippen LogP contribution in [-0.4, -0.2) is 18.5 Å². The molecule has 158 valence electrons. The lowest BCUT2D eigenvalue weighted by Crippen LogP contribution is -2.11. The van der Waals surface area contributed by atoms with E-state index in [9.17, 15) is 8.78 Å². The van der Waals surface area contributed by atoms with Crippen molar-refractivity contribution in [2.45, 2.75) is 65.7 Å². The largest absolute Gasteiger partial charge is 0.464 e. The summed E-state index contributed by atoms with van der Waals surface area (Å²) in [5, 5.41) is 2.57. The van der Waals surface area contributed by atoms with Gasteiger partial charge in [-0.2, -0.15) is 4.39 Å². The van der Waals surface area contributed by atoms with Gasteiger partial charge in [-0.05, 0) is 19.1 Å². The van der Waals surface area contributed by atoms with E-state index < -0.39 is 11.6 Å². The first kappa shape index (κ1) is 24.5. The number of halogens is 2. The van der Waals surface area contributed by atoms with Gasteiger partial charge in [-0.25, -0.2) is 9.37 Å². The number of hydrogen-bond donors (Lipinski definition) is 1. The van der Waals surface area contributed by atoms with E-state index in [0.29, 0.717) is 11.3 Å². The van der Waals surface area contributed by atoms with Crippen LogP contribution in [-0.2, 0) is 4.74 Å². The van der Waals surface area contributed by atoms with Gasteiger partial charge in [0.1, 0.15) is 0 Å². The normalized spacial score (nSPS) is 10.5. The molecule has 2 aromatic rings. The van der Waals surface area contributed by atoms with E-state index in [2.05, 4.69) is 18.8 Å². The zero-order chi connectivity index (χ0) is 20.8. The summed E-state index contributed by atoms with van der Waals surface area (Å²) in [5.41, 5.74) is 6.04. The van der Waals surface area contributed by atoms with Crippen LogP contribution in [0.3, 0.4) is 0 Å². The van der Waals surface area contributed by atoms with Crippen LogP contribution in [0, 0.1) is 18.6 Å². The van der Waals surface area contributed by atoms with Gasteiger partial charge in [0.2, 0.25) is 5.82 Å². The van der Waals surface area contributed by atoms with Gasteiger partial charge in [0.05, 0.1) is 17.4 Å². The van der Waals surface area contributed by atoms with Crippen molar-refractivity contribution in [1.82, 2.24) is 4.98 Å². The second-order valence-corrected chi connectivity index (χ2v) is 7.45. The average molecular weight is 415 g/mol. The van der Waals surface area contributed by atoms with Crippen molar-refractivity contribution in [3.05, 3.63) is 34.2 Å². The Morgan fingerprint density at radius 1 is 1.04 bits per heavy atom. The molecular weight excluding hydrogens is 382 g/mol. The van der Waals surface area contributed by atoms with Crippen molar-refractivity contribution in [1.29, 1.82) is 0 Å². The number of ether oxygens (including phenoxy) is 2. The highest BCUT2D eigenvalue weighted by Crippen LogP contribution is 2.34. The van der Waals surface area contributed by atoms with Crippen LogP contribution in [0.5, 0.6) is 5.75 Å². The molecular formula is C21H32F2N2O2S. The number of thiazole rings is 1. The number of nitrogens with zero attached hydrogens (tertiary/aromatic N) is 1. The number of hydrogen-bond acceptors (Lipinski definition) is 5. The minimum atomic E-state index is -1.07. The summed E-state index contributed by atoms with van der Waals surface area (Å²) in [4.78, 5) is 4.22. The molecule has 1 heterocycles. The lowest BCUT2D eigenvalue weighted by molar-refractivity contribution is 0.0165. The lowest BCUT2D eigenvalue weighted by Gasteiger charge is -2.11. The van der Waals surface area contributed by atoms with E-state index >= 15 is 0 Å². The second-order valence-electron chi connectivity index (χ2n) is 6.39. The van der Waals surface area contributed by atoms with E-state index in [1.54, 1.807) is 5.38 Å². The fraction of sp³-hybridized carbons (Fsp3) is 0.571. The van der Waals surface area contributed by atoms with Gasteiger partial charge in [0.25, 0.3) is 0 Å². The standard InChI is InChI=1S/C12H12F2N2O2S.C9H20/c1-7-16-10(4-19-7)8-2-3-9(13)11(14)12(8)18-6-17-5-15;1-3-5-7-9-8-6-4-2/h2-4H,5-6,15H2,1H3;3-9H2,1-2H3. The molecule has 0 fully saturated rings. The number of unbranched alkanes of at least 4 members (excludes halogenated alkanes) is 6. The topological polar surface area (TPSA) is 57.4 Å². The number of nitrogens with two attached hydrogens (primary N) is 1.